The molecule has 0 radical (unpaired) electrons. The van der Waals surface area contributed by atoms with Gasteiger partial charge in [0.25, 0.3) is 5.69 Å². The van der Waals surface area contributed by atoms with Gasteiger partial charge in [-0.1, -0.05) is 46.3 Å². The number of nitrogens with zero attached hydrogens (tertiary/aromatic N) is 4. The van der Waals surface area contributed by atoms with Crippen molar-refractivity contribution >= 4 is 39.0 Å². The molecule has 9 heteroatoms. The molecule has 0 bridgehead atoms. The maximum absolute atomic E-state index is 10.9. The summed E-state index contributed by atoms with van der Waals surface area (Å²) in [5, 5.41) is 11.2. The molecule has 0 saturated heterocycles. The number of halogens is 2. The number of anilines is 1. The molecule has 1 aromatic heterocycles. The van der Waals surface area contributed by atoms with Crippen LogP contribution in [0.25, 0.3) is 11.1 Å². The predicted octanol–water partition coefficient (Wildman–Crippen LogP) is 5.76. The van der Waals surface area contributed by atoms with E-state index in [-0.39, 0.29) is 11.0 Å². The third-order valence-electron chi connectivity index (χ3n) is 4.41. The molecule has 0 spiro atoms. The van der Waals surface area contributed by atoms with Crippen LogP contribution in [0.5, 0.6) is 5.75 Å². The molecule has 0 unspecified atom stereocenters. The lowest BCUT2D eigenvalue weighted by Crippen LogP contribution is -2.21. The van der Waals surface area contributed by atoms with E-state index in [4.69, 9.17) is 16.3 Å². The fraction of sp³-hybridized carbons (Fsp3) is 0.238. The first kappa shape index (κ1) is 22.0. The molecule has 3 aromatic rings. The predicted molar refractivity (Wildman–Crippen MR) is 121 cm³/mol. The summed E-state index contributed by atoms with van der Waals surface area (Å²) >= 11 is 9.29. The number of unbranched alkanes of at least 4 members (excludes halogenated alkanes) is 1. The van der Waals surface area contributed by atoms with E-state index in [1.54, 1.807) is 12.3 Å². The van der Waals surface area contributed by atoms with Crippen molar-refractivity contribution in [2.45, 2.75) is 12.8 Å². The standard InChI is InChI=1S/C21H20BrClN4O3/c1-26(20-19(14-24-21(23)25-20)15-7-3-2-4-8-15)9-5-6-10-30-18-12-16(22)11-17(13-18)27(28)29/h2-4,7-8,11-14H,5-6,9-10H2,1H3. The highest BCUT2D eigenvalue weighted by Gasteiger charge is 2.13. The topological polar surface area (TPSA) is 81.4 Å². The van der Waals surface area contributed by atoms with Gasteiger partial charge in [0.2, 0.25) is 5.28 Å². The highest BCUT2D eigenvalue weighted by Crippen LogP contribution is 2.29. The number of non-ortho nitro benzene ring substituents is 1. The summed E-state index contributed by atoms with van der Waals surface area (Å²) in [6.45, 7) is 1.20. The maximum atomic E-state index is 10.9. The molecule has 2 aromatic carbocycles. The Morgan fingerprint density at radius 2 is 1.97 bits per heavy atom. The lowest BCUT2D eigenvalue weighted by molar-refractivity contribution is -0.385. The van der Waals surface area contributed by atoms with Crippen LogP contribution < -0.4 is 9.64 Å². The fourth-order valence-corrected chi connectivity index (χ4v) is 3.54. The molecule has 0 aliphatic carbocycles. The number of ether oxygens (including phenoxy) is 1. The minimum absolute atomic E-state index is 0.00631. The normalized spacial score (nSPS) is 10.6. The average Bonchev–Trinajstić information content (AvgIpc) is 2.73. The van der Waals surface area contributed by atoms with Gasteiger partial charge >= 0.3 is 0 Å². The number of rotatable bonds is 9. The van der Waals surface area contributed by atoms with Crippen LogP contribution in [-0.4, -0.2) is 35.1 Å². The van der Waals surface area contributed by atoms with E-state index in [9.17, 15) is 10.1 Å². The van der Waals surface area contributed by atoms with E-state index < -0.39 is 4.92 Å². The Balaban J connectivity index is 1.56. The lowest BCUT2D eigenvalue weighted by Gasteiger charge is -2.21. The second kappa shape index (κ2) is 10.4. The Hall–Kier alpha value is -2.71. The molecule has 0 atom stereocenters. The molecular weight excluding hydrogens is 472 g/mol. The van der Waals surface area contributed by atoms with Gasteiger partial charge in [-0.25, -0.2) is 4.98 Å². The first-order chi connectivity index (χ1) is 14.4. The summed E-state index contributed by atoms with van der Waals surface area (Å²) in [6, 6.07) is 14.5. The van der Waals surface area contributed by atoms with Gasteiger partial charge in [0.1, 0.15) is 11.6 Å². The molecule has 30 heavy (non-hydrogen) atoms. The molecule has 0 amide bonds. The molecule has 0 aliphatic heterocycles. The fourth-order valence-electron chi connectivity index (χ4n) is 2.95. The Morgan fingerprint density at radius 3 is 2.70 bits per heavy atom. The molecule has 1 heterocycles. The van der Waals surface area contributed by atoms with Crippen LogP contribution >= 0.6 is 27.5 Å². The van der Waals surface area contributed by atoms with Crippen LogP contribution in [0.2, 0.25) is 5.28 Å². The second-order valence-electron chi connectivity index (χ2n) is 6.62. The largest absolute Gasteiger partial charge is 0.493 e. The molecule has 156 valence electrons. The number of aromatic nitrogens is 2. The summed E-state index contributed by atoms with van der Waals surface area (Å²) in [6.07, 6.45) is 3.37. The molecule has 0 N–H and O–H groups in total. The summed E-state index contributed by atoms with van der Waals surface area (Å²) in [4.78, 5) is 21.1. The van der Waals surface area contributed by atoms with Gasteiger partial charge in [0.15, 0.2) is 0 Å². The quantitative estimate of drug-likeness (QED) is 0.164. The smallest absolute Gasteiger partial charge is 0.274 e. The molecule has 0 aliphatic rings. The zero-order valence-corrected chi connectivity index (χ0v) is 18.6. The maximum Gasteiger partial charge on any atom is 0.274 e. The monoisotopic (exact) mass is 490 g/mol. The van der Waals surface area contributed by atoms with Gasteiger partial charge in [-0.3, -0.25) is 10.1 Å². The molecule has 0 fully saturated rings. The highest BCUT2D eigenvalue weighted by molar-refractivity contribution is 9.10. The summed E-state index contributed by atoms with van der Waals surface area (Å²) < 4.78 is 6.29. The van der Waals surface area contributed by atoms with Gasteiger partial charge < -0.3 is 9.64 Å². The van der Waals surface area contributed by atoms with Crippen LogP contribution in [0.1, 0.15) is 12.8 Å². The minimum Gasteiger partial charge on any atom is -0.493 e. The number of nitro benzene ring substituents is 1. The number of hydrogen-bond donors (Lipinski definition) is 0. The van der Waals surface area contributed by atoms with E-state index in [0.717, 1.165) is 36.3 Å². The summed E-state index contributed by atoms with van der Waals surface area (Å²) in [5.41, 5.74) is 1.93. The highest BCUT2D eigenvalue weighted by atomic mass is 79.9. The Bertz CT molecular complexity index is 1020. The van der Waals surface area contributed by atoms with Crippen molar-refractivity contribution in [2.75, 3.05) is 25.1 Å². The Labute approximate surface area is 188 Å². The van der Waals surface area contributed by atoms with Crippen molar-refractivity contribution in [1.82, 2.24) is 9.97 Å². The van der Waals surface area contributed by atoms with Crippen LogP contribution in [-0.2, 0) is 0 Å². The van der Waals surface area contributed by atoms with Gasteiger partial charge in [-0.15, -0.1) is 0 Å². The van der Waals surface area contributed by atoms with Crippen LogP contribution in [0.3, 0.4) is 0 Å². The van der Waals surface area contributed by atoms with Crippen molar-refractivity contribution in [1.29, 1.82) is 0 Å². The van der Waals surface area contributed by atoms with E-state index in [0.29, 0.717) is 16.8 Å². The SMILES string of the molecule is CN(CCCCOc1cc(Br)cc([N+](=O)[O-])c1)c1nc(Cl)ncc1-c1ccccc1. The molecule has 0 saturated carbocycles. The number of hydrogen-bond acceptors (Lipinski definition) is 6. The van der Waals surface area contributed by atoms with Crippen LogP contribution in [0.15, 0.2) is 59.2 Å². The van der Waals surface area contributed by atoms with E-state index in [2.05, 4.69) is 25.9 Å². The summed E-state index contributed by atoms with van der Waals surface area (Å²) in [5.74, 6) is 1.24. The van der Waals surface area contributed by atoms with E-state index in [1.165, 1.54) is 12.1 Å². The van der Waals surface area contributed by atoms with E-state index in [1.807, 2.05) is 42.3 Å². The Kier molecular flexibility index (Phi) is 7.59. The zero-order chi connectivity index (χ0) is 21.5. The third-order valence-corrected chi connectivity index (χ3v) is 5.05. The van der Waals surface area contributed by atoms with Crippen LogP contribution in [0, 0.1) is 10.1 Å². The number of nitro groups is 1. The average molecular weight is 492 g/mol. The molecule has 3 rings (SSSR count). The van der Waals surface area contributed by atoms with Crippen molar-refractivity contribution < 1.29 is 9.66 Å². The van der Waals surface area contributed by atoms with Crippen molar-refractivity contribution in [3.63, 3.8) is 0 Å². The van der Waals surface area contributed by atoms with Gasteiger partial charge in [0, 0.05) is 35.9 Å². The first-order valence-corrected chi connectivity index (χ1v) is 10.5. The van der Waals surface area contributed by atoms with Gasteiger partial charge in [-0.2, -0.15) is 4.98 Å². The van der Waals surface area contributed by atoms with Crippen molar-refractivity contribution in [3.05, 3.63) is 74.6 Å². The van der Waals surface area contributed by atoms with Crippen molar-refractivity contribution in [3.8, 4) is 16.9 Å². The number of benzene rings is 2. The lowest BCUT2D eigenvalue weighted by atomic mass is 10.1. The van der Waals surface area contributed by atoms with Crippen LogP contribution in [0.4, 0.5) is 11.5 Å². The second-order valence-corrected chi connectivity index (χ2v) is 7.88. The van der Waals surface area contributed by atoms with Gasteiger partial charge in [0.05, 0.1) is 17.6 Å². The first-order valence-electron chi connectivity index (χ1n) is 9.31. The zero-order valence-electron chi connectivity index (χ0n) is 16.3. The Morgan fingerprint density at radius 1 is 1.20 bits per heavy atom. The molecule has 7 nitrogen and oxygen atoms in total. The minimum atomic E-state index is -0.441. The van der Waals surface area contributed by atoms with Gasteiger partial charge in [-0.05, 0) is 36.1 Å². The third kappa shape index (κ3) is 5.90. The summed E-state index contributed by atoms with van der Waals surface area (Å²) in [7, 11) is 1.96. The molecular formula is C21H20BrClN4O3. The van der Waals surface area contributed by atoms with E-state index >= 15 is 0 Å². The van der Waals surface area contributed by atoms with Crippen molar-refractivity contribution in [2.24, 2.45) is 0 Å².